The molecule has 17 heavy (non-hydrogen) atoms. The third kappa shape index (κ3) is 3.17. The highest BCUT2D eigenvalue weighted by Crippen LogP contribution is 2.15. The lowest BCUT2D eigenvalue weighted by atomic mass is 9.99. The van der Waals surface area contributed by atoms with Gasteiger partial charge in [0.15, 0.2) is 0 Å². The molecule has 2 atom stereocenters. The van der Waals surface area contributed by atoms with E-state index in [-0.39, 0.29) is 18.4 Å². The first-order valence-electron chi connectivity index (χ1n) is 5.83. The number of rotatable bonds is 4. The second kappa shape index (κ2) is 5.46. The second-order valence-corrected chi connectivity index (χ2v) is 4.51. The minimum Gasteiger partial charge on any atom is -0.379 e. The molecule has 3 N–H and O–H groups in total. The van der Waals surface area contributed by atoms with Crippen LogP contribution in [0.1, 0.15) is 20.3 Å². The van der Waals surface area contributed by atoms with Crippen molar-refractivity contribution < 1.29 is 14.3 Å². The van der Waals surface area contributed by atoms with Crippen LogP contribution in [0.3, 0.4) is 0 Å². The average molecular weight is 243 g/mol. The molecule has 2 amide bonds. The predicted molar refractivity (Wildman–Crippen MR) is 63.3 cm³/mol. The molecule has 0 radical (unpaired) electrons. The van der Waals surface area contributed by atoms with Gasteiger partial charge in [-0.2, -0.15) is 0 Å². The van der Waals surface area contributed by atoms with Crippen LogP contribution in [0.4, 0.5) is 0 Å². The van der Waals surface area contributed by atoms with E-state index < -0.39 is 11.6 Å². The van der Waals surface area contributed by atoms with Gasteiger partial charge >= 0.3 is 0 Å². The zero-order chi connectivity index (χ0) is 13.1. The van der Waals surface area contributed by atoms with Crippen molar-refractivity contribution in [2.75, 3.05) is 26.8 Å². The van der Waals surface area contributed by atoms with Crippen LogP contribution in [-0.2, 0) is 14.3 Å². The molecule has 0 aliphatic carbocycles. The standard InChI is InChI=1S/C11H21N3O3/c1-4-14(3)9(15)8(2)13-10(16)11(12)5-6-17-7-11/h8H,4-7,12H2,1-3H3,(H,13,16). The number of ether oxygens (including phenoxy) is 1. The summed E-state index contributed by atoms with van der Waals surface area (Å²) in [6.45, 7) is 4.84. The molecule has 1 fully saturated rings. The van der Waals surface area contributed by atoms with E-state index in [9.17, 15) is 9.59 Å². The molecule has 6 heteroatoms. The lowest BCUT2D eigenvalue weighted by Crippen LogP contribution is -2.58. The zero-order valence-electron chi connectivity index (χ0n) is 10.7. The largest absolute Gasteiger partial charge is 0.379 e. The average Bonchev–Trinajstić information content (AvgIpc) is 2.75. The van der Waals surface area contributed by atoms with Gasteiger partial charge in [-0.1, -0.05) is 0 Å². The summed E-state index contributed by atoms with van der Waals surface area (Å²) in [5.74, 6) is -0.441. The predicted octanol–water partition coefficient (Wildman–Crippen LogP) is -0.913. The highest BCUT2D eigenvalue weighted by Gasteiger charge is 2.39. The van der Waals surface area contributed by atoms with E-state index in [1.165, 1.54) is 0 Å². The molecule has 1 heterocycles. The van der Waals surface area contributed by atoms with Gasteiger partial charge in [-0.05, 0) is 20.3 Å². The summed E-state index contributed by atoms with van der Waals surface area (Å²) in [4.78, 5) is 25.2. The van der Waals surface area contributed by atoms with E-state index in [2.05, 4.69) is 5.32 Å². The van der Waals surface area contributed by atoms with Crippen molar-refractivity contribution in [3.8, 4) is 0 Å². The van der Waals surface area contributed by atoms with Crippen LogP contribution in [-0.4, -0.2) is 55.1 Å². The number of nitrogens with one attached hydrogen (secondary N) is 1. The molecule has 1 saturated heterocycles. The van der Waals surface area contributed by atoms with E-state index >= 15 is 0 Å². The highest BCUT2D eigenvalue weighted by atomic mass is 16.5. The van der Waals surface area contributed by atoms with Crippen molar-refractivity contribution in [1.82, 2.24) is 10.2 Å². The second-order valence-electron chi connectivity index (χ2n) is 4.51. The lowest BCUT2D eigenvalue weighted by Gasteiger charge is -2.25. The zero-order valence-corrected chi connectivity index (χ0v) is 10.7. The third-order valence-corrected chi connectivity index (χ3v) is 3.07. The molecule has 1 rings (SSSR count). The smallest absolute Gasteiger partial charge is 0.244 e. The number of carbonyl (C=O) groups excluding carboxylic acids is 2. The van der Waals surface area contributed by atoms with E-state index in [0.717, 1.165) is 0 Å². The lowest BCUT2D eigenvalue weighted by molar-refractivity contribution is -0.136. The number of likely N-dealkylation sites (N-methyl/N-ethyl adjacent to an activating group) is 1. The topological polar surface area (TPSA) is 84.7 Å². The molecular formula is C11H21N3O3. The Bertz CT molecular complexity index is 300. The van der Waals surface area contributed by atoms with Crippen molar-refractivity contribution >= 4 is 11.8 Å². The Hall–Kier alpha value is -1.14. The summed E-state index contributed by atoms with van der Waals surface area (Å²) in [5.41, 5.74) is 4.91. The molecule has 6 nitrogen and oxygen atoms in total. The van der Waals surface area contributed by atoms with Gasteiger partial charge in [-0.25, -0.2) is 0 Å². The van der Waals surface area contributed by atoms with Gasteiger partial charge in [-0.3, -0.25) is 9.59 Å². The summed E-state index contributed by atoms with van der Waals surface area (Å²) >= 11 is 0. The fourth-order valence-corrected chi connectivity index (χ4v) is 1.65. The van der Waals surface area contributed by atoms with Gasteiger partial charge in [0.05, 0.1) is 6.61 Å². The van der Waals surface area contributed by atoms with Crippen molar-refractivity contribution in [3.05, 3.63) is 0 Å². The van der Waals surface area contributed by atoms with Crippen molar-refractivity contribution in [3.63, 3.8) is 0 Å². The van der Waals surface area contributed by atoms with Gasteiger partial charge in [0.25, 0.3) is 0 Å². The van der Waals surface area contributed by atoms with Crippen LogP contribution in [0.2, 0.25) is 0 Å². The minimum absolute atomic E-state index is 0.122. The normalized spacial score (nSPS) is 25.4. The van der Waals surface area contributed by atoms with E-state index in [1.807, 2.05) is 6.92 Å². The number of nitrogens with zero attached hydrogens (tertiary/aromatic N) is 1. The van der Waals surface area contributed by atoms with Crippen LogP contribution in [0, 0.1) is 0 Å². The molecule has 1 aliphatic rings. The van der Waals surface area contributed by atoms with Crippen LogP contribution in [0.25, 0.3) is 0 Å². The van der Waals surface area contributed by atoms with Crippen molar-refractivity contribution in [1.29, 1.82) is 0 Å². The first-order valence-corrected chi connectivity index (χ1v) is 5.83. The SMILES string of the molecule is CCN(C)C(=O)C(C)NC(=O)C1(N)CCOC1. The monoisotopic (exact) mass is 243 g/mol. The van der Waals surface area contributed by atoms with Crippen LogP contribution in [0.15, 0.2) is 0 Å². The third-order valence-electron chi connectivity index (χ3n) is 3.07. The molecule has 0 bridgehead atoms. The van der Waals surface area contributed by atoms with Crippen LogP contribution >= 0.6 is 0 Å². The van der Waals surface area contributed by atoms with Crippen LogP contribution < -0.4 is 11.1 Å². The maximum Gasteiger partial charge on any atom is 0.244 e. The molecule has 0 aromatic carbocycles. The first-order chi connectivity index (χ1) is 7.90. The molecule has 98 valence electrons. The van der Waals surface area contributed by atoms with Gasteiger partial charge in [0, 0.05) is 20.2 Å². The minimum atomic E-state index is -0.987. The Balaban J connectivity index is 2.53. The summed E-state index contributed by atoms with van der Waals surface area (Å²) in [6, 6.07) is -0.562. The number of nitrogens with two attached hydrogens (primary N) is 1. The van der Waals surface area contributed by atoms with Gasteiger partial charge in [-0.15, -0.1) is 0 Å². The Morgan fingerprint density at radius 1 is 1.59 bits per heavy atom. The number of amides is 2. The quantitative estimate of drug-likeness (QED) is 0.669. The summed E-state index contributed by atoms with van der Waals surface area (Å²) in [6.07, 6.45) is 0.489. The molecule has 0 saturated carbocycles. The van der Waals surface area contributed by atoms with Crippen molar-refractivity contribution in [2.24, 2.45) is 5.73 Å². The fourth-order valence-electron chi connectivity index (χ4n) is 1.65. The number of carbonyl (C=O) groups is 2. The van der Waals surface area contributed by atoms with Crippen LogP contribution in [0.5, 0.6) is 0 Å². The molecule has 1 aliphatic heterocycles. The van der Waals surface area contributed by atoms with E-state index in [1.54, 1.807) is 18.9 Å². The molecular weight excluding hydrogens is 222 g/mol. The summed E-state index contributed by atoms with van der Waals surface area (Å²) in [7, 11) is 1.70. The molecule has 0 spiro atoms. The maximum absolute atomic E-state index is 11.9. The number of hydrogen-bond acceptors (Lipinski definition) is 4. The Labute approximate surface area is 101 Å². The van der Waals surface area contributed by atoms with Gasteiger partial charge < -0.3 is 20.7 Å². The fraction of sp³-hybridized carbons (Fsp3) is 0.818. The Kier molecular flexibility index (Phi) is 4.47. The molecule has 0 aromatic rings. The first kappa shape index (κ1) is 13.9. The van der Waals surface area contributed by atoms with E-state index in [0.29, 0.717) is 19.6 Å². The highest BCUT2D eigenvalue weighted by molar-refractivity contribution is 5.92. The molecule has 0 aromatic heterocycles. The maximum atomic E-state index is 11.9. The Morgan fingerprint density at radius 3 is 2.71 bits per heavy atom. The van der Waals surface area contributed by atoms with Crippen molar-refractivity contribution in [2.45, 2.75) is 31.8 Å². The molecule has 2 unspecified atom stereocenters. The Morgan fingerprint density at radius 2 is 2.24 bits per heavy atom. The number of hydrogen-bond donors (Lipinski definition) is 2. The van der Waals surface area contributed by atoms with Gasteiger partial charge in [0.1, 0.15) is 11.6 Å². The van der Waals surface area contributed by atoms with E-state index in [4.69, 9.17) is 10.5 Å². The summed E-state index contributed by atoms with van der Waals surface area (Å²) < 4.78 is 5.11. The summed E-state index contributed by atoms with van der Waals surface area (Å²) in [5, 5.41) is 2.64. The van der Waals surface area contributed by atoms with Gasteiger partial charge in [0.2, 0.25) is 11.8 Å².